The number of rotatable bonds is 5. The number of halogens is 2. The van der Waals surface area contributed by atoms with E-state index in [1.165, 1.54) is 7.11 Å². The van der Waals surface area contributed by atoms with E-state index in [1.54, 1.807) is 6.92 Å². The predicted molar refractivity (Wildman–Crippen MR) is 63.1 cm³/mol. The zero-order chi connectivity index (χ0) is 13.1. The lowest BCUT2D eigenvalue weighted by atomic mass is 10.3. The molecule has 0 unspecified atom stereocenters. The fourth-order valence-corrected chi connectivity index (χ4v) is 2.76. The molecule has 1 aromatic rings. The second-order valence-electron chi connectivity index (χ2n) is 3.55. The summed E-state index contributed by atoms with van der Waals surface area (Å²) in [5.74, 6) is -0.657. The lowest BCUT2D eigenvalue weighted by Gasteiger charge is -2.13. The molecule has 1 N–H and O–H groups in total. The number of hydrogen-bond acceptors (Lipinski definition) is 3. The van der Waals surface area contributed by atoms with Crippen LogP contribution in [-0.4, -0.2) is 28.2 Å². The van der Waals surface area contributed by atoms with Crippen LogP contribution in [0.5, 0.6) is 0 Å². The number of sulfonamides is 1. The van der Waals surface area contributed by atoms with Crippen LogP contribution in [0.4, 0.5) is 4.39 Å². The molecule has 0 aliphatic carbocycles. The van der Waals surface area contributed by atoms with E-state index in [1.807, 2.05) is 0 Å². The minimum atomic E-state index is -3.70. The second kappa shape index (κ2) is 5.77. The molecule has 0 fully saturated rings. The normalized spacial score (nSPS) is 13.6. The van der Waals surface area contributed by atoms with Crippen molar-refractivity contribution in [3.05, 3.63) is 29.0 Å². The lowest BCUT2D eigenvalue weighted by molar-refractivity contribution is 0.180. The standard InChI is InChI=1S/C10H13ClFNO3S/c1-7(6-16-2)13-17(14,15)8-3-4-10(12)9(11)5-8/h3-5,7,13H,6H2,1-2H3/t7-/m0/s1. The maximum atomic E-state index is 12.9. The predicted octanol–water partition coefficient (Wildman–Crippen LogP) is 1.79. The fraction of sp³-hybridized carbons (Fsp3) is 0.400. The molecule has 0 bridgehead atoms. The Kier molecular flexibility index (Phi) is 4.88. The number of benzene rings is 1. The highest BCUT2D eigenvalue weighted by Crippen LogP contribution is 2.19. The molecule has 4 nitrogen and oxygen atoms in total. The minimum Gasteiger partial charge on any atom is -0.383 e. The molecule has 0 saturated heterocycles. The molecule has 0 amide bonds. The summed E-state index contributed by atoms with van der Waals surface area (Å²) >= 11 is 5.53. The Balaban J connectivity index is 2.93. The molecule has 0 heterocycles. The van der Waals surface area contributed by atoms with Crippen LogP contribution < -0.4 is 4.72 Å². The molecule has 0 aromatic heterocycles. The van der Waals surface area contributed by atoms with Crippen molar-refractivity contribution in [2.45, 2.75) is 17.9 Å². The van der Waals surface area contributed by atoms with E-state index in [9.17, 15) is 12.8 Å². The molecular weight excluding hydrogens is 269 g/mol. The topological polar surface area (TPSA) is 55.4 Å². The maximum Gasteiger partial charge on any atom is 0.240 e. The first kappa shape index (κ1) is 14.4. The molecular formula is C10H13ClFNO3S. The van der Waals surface area contributed by atoms with Gasteiger partial charge in [0, 0.05) is 13.2 Å². The van der Waals surface area contributed by atoms with Crippen LogP contribution in [0.2, 0.25) is 5.02 Å². The Morgan fingerprint density at radius 2 is 2.18 bits per heavy atom. The first-order valence-electron chi connectivity index (χ1n) is 4.83. The third kappa shape index (κ3) is 3.92. The summed E-state index contributed by atoms with van der Waals surface area (Å²) in [6.45, 7) is 1.90. The van der Waals surface area contributed by atoms with Crippen LogP contribution in [0.3, 0.4) is 0 Å². The van der Waals surface area contributed by atoms with Gasteiger partial charge in [-0.25, -0.2) is 17.5 Å². The van der Waals surface area contributed by atoms with E-state index in [0.717, 1.165) is 18.2 Å². The number of hydrogen-bond donors (Lipinski definition) is 1. The van der Waals surface area contributed by atoms with Crippen LogP contribution in [0, 0.1) is 5.82 Å². The first-order valence-corrected chi connectivity index (χ1v) is 6.69. The molecule has 17 heavy (non-hydrogen) atoms. The zero-order valence-corrected chi connectivity index (χ0v) is 11.0. The Bertz CT molecular complexity index is 492. The first-order chi connectivity index (χ1) is 7.86. The Hall–Kier alpha value is -0.690. The van der Waals surface area contributed by atoms with Gasteiger partial charge < -0.3 is 4.74 Å². The van der Waals surface area contributed by atoms with Crippen molar-refractivity contribution in [3.63, 3.8) is 0 Å². The van der Waals surface area contributed by atoms with Gasteiger partial charge in [0.2, 0.25) is 10.0 Å². The third-order valence-electron chi connectivity index (χ3n) is 1.97. The summed E-state index contributed by atoms with van der Waals surface area (Å²) in [7, 11) is -2.23. The van der Waals surface area contributed by atoms with E-state index in [0.29, 0.717) is 0 Å². The van der Waals surface area contributed by atoms with Crippen LogP contribution in [0.1, 0.15) is 6.92 Å². The molecule has 1 aromatic carbocycles. The molecule has 7 heteroatoms. The summed E-state index contributed by atoms with van der Waals surface area (Å²) in [5, 5.41) is -0.229. The summed E-state index contributed by atoms with van der Waals surface area (Å²) in [5.41, 5.74) is 0. The summed E-state index contributed by atoms with van der Waals surface area (Å²) in [4.78, 5) is -0.0770. The Morgan fingerprint density at radius 3 is 2.71 bits per heavy atom. The second-order valence-corrected chi connectivity index (χ2v) is 5.67. The van der Waals surface area contributed by atoms with Crippen molar-refractivity contribution in [1.82, 2.24) is 4.72 Å². The van der Waals surface area contributed by atoms with Gasteiger partial charge in [-0.1, -0.05) is 11.6 Å². The lowest BCUT2D eigenvalue weighted by Crippen LogP contribution is -2.35. The highest BCUT2D eigenvalue weighted by molar-refractivity contribution is 7.89. The van der Waals surface area contributed by atoms with E-state index in [4.69, 9.17) is 16.3 Å². The smallest absolute Gasteiger partial charge is 0.240 e. The minimum absolute atomic E-state index is 0.0770. The van der Waals surface area contributed by atoms with Crippen molar-refractivity contribution in [3.8, 4) is 0 Å². The third-order valence-corrected chi connectivity index (χ3v) is 3.85. The monoisotopic (exact) mass is 281 g/mol. The van der Waals surface area contributed by atoms with Gasteiger partial charge >= 0.3 is 0 Å². The molecule has 0 aliphatic rings. The highest BCUT2D eigenvalue weighted by Gasteiger charge is 2.18. The average molecular weight is 282 g/mol. The van der Waals surface area contributed by atoms with E-state index >= 15 is 0 Å². The molecule has 1 atom stereocenters. The molecule has 96 valence electrons. The van der Waals surface area contributed by atoms with Gasteiger partial charge in [0.1, 0.15) is 5.82 Å². The quantitative estimate of drug-likeness (QED) is 0.895. The van der Waals surface area contributed by atoms with Gasteiger partial charge in [0.05, 0.1) is 16.5 Å². The van der Waals surface area contributed by atoms with Gasteiger partial charge in [0.15, 0.2) is 0 Å². The summed E-state index contributed by atoms with van der Waals surface area (Å²) < 4.78 is 43.8. The Morgan fingerprint density at radius 1 is 1.53 bits per heavy atom. The summed E-state index contributed by atoms with van der Waals surface area (Å²) in [6.07, 6.45) is 0. The number of methoxy groups -OCH3 is 1. The zero-order valence-electron chi connectivity index (χ0n) is 9.41. The van der Waals surface area contributed by atoms with Crippen molar-refractivity contribution in [2.24, 2.45) is 0 Å². The molecule has 0 spiro atoms. The van der Waals surface area contributed by atoms with Gasteiger partial charge in [-0.15, -0.1) is 0 Å². The van der Waals surface area contributed by atoms with Crippen molar-refractivity contribution in [2.75, 3.05) is 13.7 Å². The Labute approximate surface area is 105 Å². The fourth-order valence-electron chi connectivity index (χ4n) is 1.26. The van der Waals surface area contributed by atoms with Crippen molar-refractivity contribution >= 4 is 21.6 Å². The van der Waals surface area contributed by atoms with Gasteiger partial charge in [0.25, 0.3) is 0 Å². The van der Waals surface area contributed by atoms with Gasteiger partial charge in [-0.2, -0.15) is 0 Å². The highest BCUT2D eigenvalue weighted by atomic mass is 35.5. The SMILES string of the molecule is COC[C@H](C)NS(=O)(=O)c1ccc(F)c(Cl)c1. The largest absolute Gasteiger partial charge is 0.383 e. The molecule has 0 aliphatic heterocycles. The van der Waals surface area contributed by atoms with Crippen LogP contribution in [-0.2, 0) is 14.8 Å². The van der Waals surface area contributed by atoms with Crippen molar-refractivity contribution < 1.29 is 17.5 Å². The van der Waals surface area contributed by atoms with E-state index in [2.05, 4.69) is 4.72 Å². The summed E-state index contributed by atoms with van der Waals surface area (Å²) in [6, 6.07) is 2.86. The molecule has 1 rings (SSSR count). The average Bonchev–Trinajstić information content (AvgIpc) is 2.21. The maximum absolute atomic E-state index is 12.9. The van der Waals surface area contributed by atoms with E-state index in [-0.39, 0.29) is 22.6 Å². The van der Waals surface area contributed by atoms with Crippen LogP contribution in [0.25, 0.3) is 0 Å². The molecule has 0 radical (unpaired) electrons. The van der Waals surface area contributed by atoms with Crippen molar-refractivity contribution in [1.29, 1.82) is 0 Å². The number of nitrogens with one attached hydrogen (secondary N) is 1. The van der Waals surface area contributed by atoms with Gasteiger partial charge in [-0.05, 0) is 25.1 Å². The van der Waals surface area contributed by atoms with Gasteiger partial charge in [-0.3, -0.25) is 0 Å². The van der Waals surface area contributed by atoms with E-state index < -0.39 is 15.8 Å². The van der Waals surface area contributed by atoms with Crippen LogP contribution in [0.15, 0.2) is 23.1 Å². The number of ether oxygens (including phenoxy) is 1. The van der Waals surface area contributed by atoms with Crippen LogP contribution >= 0.6 is 11.6 Å². The molecule has 0 saturated carbocycles.